The number of carbonyl (C=O) groups excluding carboxylic acids is 1. The predicted octanol–water partition coefficient (Wildman–Crippen LogP) is 1.50. The average molecular weight is 329 g/mol. The van der Waals surface area contributed by atoms with Crippen LogP contribution in [-0.4, -0.2) is 23.5 Å². The fourth-order valence-corrected chi connectivity index (χ4v) is 2.32. The van der Waals surface area contributed by atoms with Gasteiger partial charge in [0.15, 0.2) is 6.19 Å². The van der Waals surface area contributed by atoms with Gasteiger partial charge in [0.2, 0.25) is 5.96 Å². The highest BCUT2D eigenvalue weighted by Crippen LogP contribution is 2.32. The molecule has 1 aromatic carbocycles. The van der Waals surface area contributed by atoms with E-state index in [9.17, 15) is 14.9 Å². The Balaban J connectivity index is 2.52. The summed E-state index contributed by atoms with van der Waals surface area (Å²) in [5, 5.41) is 24.9. The van der Waals surface area contributed by atoms with Gasteiger partial charge in [-0.3, -0.25) is 15.4 Å². The molecule has 9 nitrogen and oxygen atoms in total. The molecule has 0 spiro atoms. The van der Waals surface area contributed by atoms with Crippen molar-refractivity contribution in [3.63, 3.8) is 0 Å². The highest BCUT2D eigenvalue weighted by atomic mass is 16.6. The SMILES string of the molecule is CCOC(=O)C1=C(C)NC(NC#N)=NC1c1cccc([N+](=O)[O-])c1. The summed E-state index contributed by atoms with van der Waals surface area (Å²) < 4.78 is 5.05. The zero-order valence-electron chi connectivity index (χ0n) is 13.1. The lowest BCUT2D eigenvalue weighted by atomic mass is 9.96. The van der Waals surface area contributed by atoms with Crippen LogP contribution in [0.3, 0.4) is 0 Å². The van der Waals surface area contributed by atoms with Gasteiger partial charge in [0, 0.05) is 17.8 Å². The molecule has 1 heterocycles. The molecule has 1 aliphatic heterocycles. The van der Waals surface area contributed by atoms with Crippen molar-refractivity contribution in [2.24, 2.45) is 4.99 Å². The number of nitriles is 1. The summed E-state index contributed by atoms with van der Waals surface area (Å²) in [6, 6.07) is 5.02. The molecule has 9 heteroatoms. The van der Waals surface area contributed by atoms with Crippen LogP contribution in [0, 0.1) is 21.6 Å². The average Bonchev–Trinajstić information content (AvgIpc) is 2.54. The van der Waals surface area contributed by atoms with E-state index in [-0.39, 0.29) is 23.8 Å². The molecular weight excluding hydrogens is 314 g/mol. The third-order valence-electron chi connectivity index (χ3n) is 3.31. The van der Waals surface area contributed by atoms with E-state index in [0.29, 0.717) is 11.3 Å². The molecule has 0 fully saturated rings. The van der Waals surface area contributed by atoms with E-state index >= 15 is 0 Å². The number of hydrogen-bond acceptors (Lipinski definition) is 8. The first-order valence-electron chi connectivity index (χ1n) is 7.10. The van der Waals surface area contributed by atoms with Crippen molar-refractivity contribution in [1.29, 1.82) is 5.26 Å². The molecule has 24 heavy (non-hydrogen) atoms. The Kier molecular flexibility index (Phi) is 5.11. The summed E-state index contributed by atoms with van der Waals surface area (Å²) in [5.41, 5.74) is 1.03. The molecule has 1 atom stereocenters. The van der Waals surface area contributed by atoms with Crippen LogP contribution in [0.15, 0.2) is 40.5 Å². The highest BCUT2D eigenvalue weighted by Gasteiger charge is 2.31. The molecule has 0 saturated carbocycles. The minimum Gasteiger partial charge on any atom is -0.463 e. The number of rotatable bonds is 4. The van der Waals surface area contributed by atoms with E-state index < -0.39 is 16.9 Å². The largest absolute Gasteiger partial charge is 0.463 e. The summed E-state index contributed by atoms with van der Waals surface area (Å²) in [7, 11) is 0. The Morgan fingerprint density at radius 3 is 2.96 bits per heavy atom. The smallest absolute Gasteiger partial charge is 0.338 e. The molecule has 1 unspecified atom stereocenters. The van der Waals surface area contributed by atoms with E-state index in [1.165, 1.54) is 18.2 Å². The fraction of sp³-hybridized carbons (Fsp3) is 0.267. The number of ether oxygens (including phenoxy) is 1. The van der Waals surface area contributed by atoms with Crippen LogP contribution in [0.1, 0.15) is 25.5 Å². The predicted molar refractivity (Wildman–Crippen MR) is 84.5 cm³/mol. The maximum atomic E-state index is 12.3. The maximum Gasteiger partial charge on any atom is 0.338 e. The first kappa shape index (κ1) is 17.0. The standard InChI is InChI=1S/C15H15N5O4/c1-3-24-14(21)12-9(2)18-15(17-8-16)19-13(12)10-5-4-6-11(7-10)20(22)23/h4-7,13H,3H2,1-2H3,(H2,17,18,19). The van der Waals surface area contributed by atoms with E-state index in [2.05, 4.69) is 15.6 Å². The Bertz CT molecular complexity index is 778. The number of carbonyl (C=O) groups is 1. The van der Waals surface area contributed by atoms with Crippen molar-refractivity contribution < 1.29 is 14.5 Å². The maximum absolute atomic E-state index is 12.3. The van der Waals surface area contributed by atoms with Crippen LogP contribution in [0.4, 0.5) is 5.69 Å². The second-order valence-electron chi connectivity index (χ2n) is 4.85. The monoisotopic (exact) mass is 329 g/mol. The molecule has 0 bridgehead atoms. The summed E-state index contributed by atoms with van der Waals surface area (Å²) in [5.74, 6) is -0.418. The number of nitro benzene ring substituents is 1. The second kappa shape index (κ2) is 7.23. The van der Waals surface area contributed by atoms with Crippen molar-refractivity contribution >= 4 is 17.6 Å². The van der Waals surface area contributed by atoms with E-state index in [1.54, 1.807) is 26.1 Å². The lowest BCUT2D eigenvalue weighted by Crippen LogP contribution is -2.39. The molecule has 0 aliphatic carbocycles. The summed E-state index contributed by atoms with van der Waals surface area (Å²) >= 11 is 0. The van der Waals surface area contributed by atoms with Crippen LogP contribution in [0.2, 0.25) is 0 Å². The van der Waals surface area contributed by atoms with Gasteiger partial charge in [-0.25, -0.2) is 9.79 Å². The lowest BCUT2D eigenvalue weighted by molar-refractivity contribution is -0.384. The van der Waals surface area contributed by atoms with Gasteiger partial charge in [-0.05, 0) is 19.4 Å². The van der Waals surface area contributed by atoms with Gasteiger partial charge in [-0.1, -0.05) is 12.1 Å². The molecule has 1 aliphatic rings. The Hall–Kier alpha value is -3.41. The van der Waals surface area contributed by atoms with Crippen LogP contribution in [-0.2, 0) is 9.53 Å². The minimum atomic E-state index is -0.818. The third kappa shape index (κ3) is 3.49. The number of non-ortho nitro benzene ring substituents is 1. The molecule has 2 N–H and O–H groups in total. The van der Waals surface area contributed by atoms with Gasteiger partial charge in [0.1, 0.15) is 6.04 Å². The second-order valence-corrected chi connectivity index (χ2v) is 4.85. The molecule has 2 rings (SSSR count). The summed E-state index contributed by atoms with van der Waals surface area (Å²) in [6.45, 7) is 3.51. The normalized spacial score (nSPS) is 16.5. The number of hydrogen-bond donors (Lipinski definition) is 2. The van der Waals surface area contributed by atoms with Gasteiger partial charge in [-0.2, -0.15) is 5.26 Å². The van der Waals surface area contributed by atoms with Crippen molar-refractivity contribution in [2.45, 2.75) is 19.9 Å². The number of benzene rings is 1. The van der Waals surface area contributed by atoms with Crippen LogP contribution >= 0.6 is 0 Å². The first-order valence-corrected chi connectivity index (χ1v) is 7.10. The van der Waals surface area contributed by atoms with Gasteiger partial charge in [-0.15, -0.1) is 0 Å². The van der Waals surface area contributed by atoms with Crippen molar-refractivity contribution in [2.75, 3.05) is 6.61 Å². The van der Waals surface area contributed by atoms with Crippen molar-refractivity contribution in [1.82, 2.24) is 10.6 Å². The molecular formula is C15H15N5O4. The van der Waals surface area contributed by atoms with Gasteiger partial charge in [0.05, 0.1) is 17.1 Å². The number of allylic oxidation sites excluding steroid dienone is 1. The highest BCUT2D eigenvalue weighted by molar-refractivity contribution is 5.95. The fourth-order valence-electron chi connectivity index (χ4n) is 2.32. The van der Waals surface area contributed by atoms with Crippen LogP contribution in [0.5, 0.6) is 0 Å². The number of guanidine groups is 1. The Labute approximate surface area is 137 Å². The van der Waals surface area contributed by atoms with Gasteiger partial charge < -0.3 is 10.1 Å². The van der Waals surface area contributed by atoms with Crippen LogP contribution < -0.4 is 10.6 Å². The van der Waals surface area contributed by atoms with E-state index in [0.717, 1.165) is 0 Å². The quantitative estimate of drug-likeness (QED) is 0.281. The number of nitrogens with zero attached hydrogens (tertiary/aromatic N) is 3. The number of aliphatic imine (C=N–C) groups is 1. The lowest BCUT2D eigenvalue weighted by Gasteiger charge is -2.25. The van der Waals surface area contributed by atoms with E-state index in [4.69, 9.17) is 10.00 Å². The third-order valence-corrected chi connectivity index (χ3v) is 3.31. The van der Waals surface area contributed by atoms with Gasteiger partial charge >= 0.3 is 5.97 Å². The Morgan fingerprint density at radius 2 is 2.33 bits per heavy atom. The van der Waals surface area contributed by atoms with Gasteiger partial charge in [0.25, 0.3) is 5.69 Å². The first-order chi connectivity index (χ1) is 11.5. The molecule has 0 saturated heterocycles. The Morgan fingerprint density at radius 1 is 1.58 bits per heavy atom. The van der Waals surface area contributed by atoms with Crippen LogP contribution in [0.25, 0.3) is 0 Å². The van der Waals surface area contributed by atoms with E-state index in [1.807, 2.05) is 0 Å². The molecule has 1 aromatic rings. The topological polar surface area (TPSA) is 130 Å². The molecule has 0 radical (unpaired) electrons. The molecule has 124 valence electrons. The zero-order chi connectivity index (χ0) is 17.7. The summed E-state index contributed by atoms with van der Waals surface area (Å²) in [6.07, 6.45) is 1.74. The van der Waals surface area contributed by atoms with Crippen molar-refractivity contribution in [3.05, 3.63) is 51.2 Å². The molecule has 0 aromatic heterocycles. The number of esters is 1. The number of nitrogens with one attached hydrogen (secondary N) is 2. The minimum absolute atomic E-state index is 0.114. The molecule has 0 amide bonds. The number of nitro groups is 1. The van der Waals surface area contributed by atoms with Crippen molar-refractivity contribution in [3.8, 4) is 6.19 Å². The summed E-state index contributed by atoms with van der Waals surface area (Å²) in [4.78, 5) is 27.0. The zero-order valence-corrected chi connectivity index (χ0v) is 13.1.